The van der Waals surface area contributed by atoms with E-state index >= 15 is 0 Å². The fourth-order valence-electron chi connectivity index (χ4n) is 3.24. The average molecular weight is 288 g/mol. The van der Waals surface area contributed by atoms with E-state index in [1.54, 1.807) is 12.1 Å². The minimum absolute atomic E-state index is 0.00180. The highest BCUT2D eigenvalue weighted by molar-refractivity contribution is 5.79. The van der Waals surface area contributed by atoms with Gasteiger partial charge in [-0.05, 0) is 31.9 Å². The molecule has 5 nitrogen and oxygen atoms in total. The van der Waals surface area contributed by atoms with Gasteiger partial charge in [0.25, 0.3) is 0 Å². The quantitative estimate of drug-likeness (QED) is 0.868. The van der Waals surface area contributed by atoms with E-state index in [9.17, 15) is 9.59 Å². The molecule has 0 atom stereocenters. The van der Waals surface area contributed by atoms with Gasteiger partial charge < -0.3 is 9.32 Å². The number of carbonyl (C=O) groups excluding carboxylic acids is 1. The van der Waals surface area contributed by atoms with Crippen molar-refractivity contribution in [1.82, 2.24) is 9.47 Å². The topological polar surface area (TPSA) is 55.5 Å². The highest BCUT2D eigenvalue weighted by atomic mass is 16.4. The molecular formula is C16H20N2O3. The van der Waals surface area contributed by atoms with Crippen molar-refractivity contribution in [2.24, 2.45) is 0 Å². The van der Waals surface area contributed by atoms with Crippen molar-refractivity contribution < 1.29 is 9.21 Å². The molecule has 1 aliphatic carbocycles. The molecule has 0 radical (unpaired) electrons. The minimum atomic E-state index is -0.466. The number of nitrogens with zero attached hydrogens (tertiary/aromatic N) is 2. The smallest absolute Gasteiger partial charge is 0.408 e. The van der Waals surface area contributed by atoms with Gasteiger partial charge in [-0.15, -0.1) is 0 Å². The molecule has 1 heterocycles. The predicted molar refractivity (Wildman–Crippen MR) is 80.1 cm³/mol. The summed E-state index contributed by atoms with van der Waals surface area (Å²) in [5.74, 6) is -0.468. The number of rotatable bonds is 4. The normalized spacial score (nSPS) is 15.7. The van der Waals surface area contributed by atoms with Crippen molar-refractivity contribution >= 4 is 17.0 Å². The predicted octanol–water partition coefficient (Wildman–Crippen LogP) is 2.39. The maximum Gasteiger partial charge on any atom is 0.420 e. The molecule has 1 aromatic heterocycles. The molecule has 0 N–H and O–H groups in total. The molecule has 21 heavy (non-hydrogen) atoms. The van der Waals surface area contributed by atoms with Crippen LogP contribution in [0.1, 0.15) is 32.6 Å². The van der Waals surface area contributed by atoms with E-state index in [2.05, 4.69) is 0 Å². The monoisotopic (exact) mass is 288 g/mol. The zero-order valence-electron chi connectivity index (χ0n) is 12.2. The third-order valence-electron chi connectivity index (χ3n) is 4.29. The molecule has 2 aromatic rings. The van der Waals surface area contributed by atoms with Gasteiger partial charge in [-0.1, -0.05) is 25.0 Å². The Morgan fingerprint density at radius 2 is 2.05 bits per heavy atom. The molecule has 1 saturated carbocycles. The summed E-state index contributed by atoms with van der Waals surface area (Å²) in [6.45, 7) is 2.74. The summed E-state index contributed by atoms with van der Waals surface area (Å²) in [7, 11) is 0. The molecule has 0 bridgehead atoms. The molecule has 112 valence electrons. The van der Waals surface area contributed by atoms with Crippen LogP contribution in [0.5, 0.6) is 0 Å². The van der Waals surface area contributed by atoms with Crippen molar-refractivity contribution in [1.29, 1.82) is 0 Å². The molecule has 0 spiro atoms. The standard InChI is InChI=1S/C16H20N2O3/c1-2-17(12-7-3-4-8-12)15(19)11-18-13-9-5-6-10-14(13)21-16(18)20/h5-6,9-10,12H,2-4,7-8,11H2,1H3. The van der Waals surface area contributed by atoms with Crippen LogP contribution in [0, 0.1) is 0 Å². The Balaban J connectivity index is 1.85. The molecule has 1 aromatic carbocycles. The van der Waals surface area contributed by atoms with Gasteiger partial charge in [-0.25, -0.2) is 4.79 Å². The lowest BCUT2D eigenvalue weighted by Crippen LogP contribution is -2.41. The van der Waals surface area contributed by atoms with E-state index in [1.165, 1.54) is 17.4 Å². The average Bonchev–Trinajstić information content (AvgIpc) is 3.09. The summed E-state index contributed by atoms with van der Waals surface area (Å²) in [6, 6.07) is 7.53. The summed E-state index contributed by atoms with van der Waals surface area (Å²) in [4.78, 5) is 26.4. The minimum Gasteiger partial charge on any atom is -0.408 e. The van der Waals surface area contributed by atoms with Crippen LogP contribution in [0.3, 0.4) is 0 Å². The summed E-state index contributed by atoms with van der Waals surface area (Å²) in [6.07, 6.45) is 4.51. The third-order valence-corrected chi connectivity index (χ3v) is 4.29. The van der Waals surface area contributed by atoms with Gasteiger partial charge >= 0.3 is 5.76 Å². The second kappa shape index (κ2) is 5.76. The number of likely N-dealkylation sites (N-methyl/N-ethyl adjacent to an activating group) is 1. The molecule has 1 fully saturated rings. The van der Waals surface area contributed by atoms with Crippen LogP contribution in [-0.2, 0) is 11.3 Å². The maximum absolute atomic E-state index is 12.5. The number of para-hydroxylation sites is 2. The Hall–Kier alpha value is -2.04. The van der Waals surface area contributed by atoms with Crippen LogP contribution in [0.2, 0.25) is 0 Å². The fraction of sp³-hybridized carbons (Fsp3) is 0.500. The molecule has 3 rings (SSSR count). The molecular weight excluding hydrogens is 268 g/mol. The number of oxazole rings is 1. The Bertz CT molecular complexity index is 695. The number of benzene rings is 1. The first kappa shape index (κ1) is 13.9. The van der Waals surface area contributed by atoms with Crippen LogP contribution in [-0.4, -0.2) is 28.0 Å². The largest absolute Gasteiger partial charge is 0.420 e. The molecule has 1 amide bonds. The summed E-state index contributed by atoms with van der Waals surface area (Å²) >= 11 is 0. The SMILES string of the molecule is CCN(C(=O)Cn1c(=O)oc2ccccc21)C1CCCC1. The first-order chi connectivity index (χ1) is 10.2. The zero-order chi connectivity index (χ0) is 14.8. The number of aromatic nitrogens is 1. The highest BCUT2D eigenvalue weighted by Crippen LogP contribution is 2.23. The lowest BCUT2D eigenvalue weighted by Gasteiger charge is -2.27. The summed E-state index contributed by atoms with van der Waals surface area (Å²) < 4.78 is 6.60. The van der Waals surface area contributed by atoms with Gasteiger partial charge in [-0.2, -0.15) is 0 Å². The van der Waals surface area contributed by atoms with Gasteiger partial charge in [0, 0.05) is 12.6 Å². The van der Waals surface area contributed by atoms with E-state index < -0.39 is 5.76 Å². The number of hydrogen-bond acceptors (Lipinski definition) is 3. The molecule has 0 aliphatic heterocycles. The molecule has 0 saturated heterocycles. The highest BCUT2D eigenvalue weighted by Gasteiger charge is 2.26. The van der Waals surface area contributed by atoms with Crippen LogP contribution < -0.4 is 5.76 Å². The Morgan fingerprint density at radius 1 is 1.33 bits per heavy atom. The van der Waals surface area contributed by atoms with Crippen LogP contribution >= 0.6 is 0 Å². The number of hydrogen-bond donors (Lipinski definition) is 0. The van der Waals surface area contributed by atoms with Crippen molar-refractivity contribution in [3.05, 3.63) is 34.8 Å². The third kappa shape index (κ3) is 2.60. The van der Waals surface area contributed by atoms with Crippen LogP contribution in [0.15, 0.2) is 33.5 Å². The van der Waals surface area contributed by atoms with Crippen molar-refractivity contribution in [2.75, 3.05) is 6.54 Å². The van der Waals surface area contributed by atoms with Gasteiger partial charge in [0.05, 0.1) is 5.52 Å². The molecule has 5 heteroatoms. The number of amides is 1. The molecule has 0 unspecified atom stereocenters. The van der Waals surface area contributed by atoms with Gasteiger partial charge in [-0.3, -0.25) is 9.36 Å². The summed E-state index contributed by atoms with van der Waals surface area (Å²) in [5, 5.41) is 0. The Labute approximate surface area is 123 Å². The molecule has 1 aliphatic rings. The maximum atomic E-state index is 12.5. The van der Waals surface area contributed by atoms with Crippen LogP contribution in [0.25, 0.3) is 11.1 Å². The van der Waals surface area contributed by atoms with E-state index in [-0.39, 0.29) is 12.5 Å². The Morgan fingerprint density at radius 3 is 2.76 bits per heavy atom. The van der Waals surface area contributed by atoms with Crippen molar-refractivity contribution in [2.45, 2.75) is 45.2 Å². The lowest BCUT2D eigenvalue weighted by molar-refractivity contribution is -0.133. The second-order valence-electron chi connectivity index (χ2n) is 5.54. The van der Waals surface area contributed by atoms with Crippen molar-refractivity contribution in [3.8, 4) is 0 Å². The van der Waals surface area contributed by atoms with Gasteiger partial charge in [0.15, 0.2) is 5.58 Å². The number of fused-ring (bicyclic) bond motifs is 1. The van der Waals surface area contributed by atoms with Gasteiger partial charge in [0.2, 0.25) is 5.91 Å². The fourth-order valence-corrected chi connectivity index (χ4v) is 3.24. The number of carbonyl (C=O) groups is 1. The van der Waals surface area contributed by atoms with E-state index in [0.29, 0.717) is 23.7 Å². The first-order valence-corrected chi connectivity index (χ1v) is 7.58. The first-order valence-electron chi connectivity index (χ1n) is 7.58. The zero-order valence-corrected chi connectivity index (χ0v) is 12.2. The van der Waals surface area contributed by atoms with E-state index in [1.807, 2.05) is 24.0 Å². The van der Waals surface area contributed by atoms with Gasteiger partial charge in [0.1, 0.15) is 6.54 Å². The summed E-state index contributed by atoms with van der Waals surface area (Å²) in [5.41, 5.74) is 1.21. The van der Waals surface area contributed by atoms with E-state index in [4.69, 9.17) is 4.42 Å². The van der Waals surface area contributed by atoms with Crippen LogP contribution in [0.4, 0.5) is 0 Å². The van der Waals surface area contributed by atoms with E-state index in [0.717, 1.165) is 12.8 Å². The Kier molecular flexibility index (Phi) is 3.82. The second-order valence-corrected chi connectivity index (χ2v) is 5.54. The lowest BCUT2D eigenvalue weighted by atomic mass is 10.2. The van der Waals surface area contributed by atoms with Crippen molar-refractivity contribution in [3.63, 3.8) is 0 Å².